The standard InChI is InChI=1S/C30H29ClN4O3S/c1-21(22-15-17-32-18-16-22)35-19-24-5-3-4-6-28(24)30(23-7-9-25(31)10-8-23)33-29(35)20-38-27-13-11-26(12-14-27)34-39(2,36)37/h3-18,21,30,34H,19-20H2,1-2H3. The maximum Gasteiger partial charge on any atom is 0.229 e. The number of halogens is 1. The molecule has 7 nitrogen and oxygen atoms in total. The summed E-state index contributed by atoms with van der Waals surface area (Å²) in [7, 11) is -3.36. The van der Waals surface area contributed by atoms with Gasteiger partial charge in [-0.25, -0.2) is 8.42 Å². The minimum absolute atomic E-state index is 0.00807. The smallest absolute Gasteiger partial charge is 0.229 e. The topological polar surface area (TPSA) is 83.9 Å². The van der Waals surface area contributed by atoms with Gasteiger partial charge < -0.3 is 9.64 Å². The lowest BCUT2D eigenvalue weighted by molar-refractivity contribution is 0.290. The van der Waals surface area contributed by atoms with E-state index < -0.39 is 10.0 Å². The van der Waals surface area contributed by atoms with Crippen LogP contribution in [0.15, 0.2) is 102 Å². The fourth-order valence-electron chi connectivity index (χ4n) is 4.70. The number of sulfonamides is 1. The molecule has 1 aliphatic rings. The van der Waals surface area contributed by atoms with Gasteiger partial charge in [-0.15, -0.1) is 0 Å². The van der Waals surface area contributed by atoms with Crippen LogP contribution in [0.1, 0.15) is 41.3 Å². The lowest BCUT2D eigenvalue weighted by Gasteiger charge is -2.32. The van der Waals surface area contributed by atoms with Crippen molar-refractivity contribution in [2.45, 2.75) is 25.6 Å². The van der Waals surface area contributed by atoms with Gasteiger partial charge in [0.25, 0.3) is 0 Å². The number of nitrogens with zero attached hydrogens (tertiary/aromatic N) is 3. The molecule has 2 unspecified atom stereocenters. The first kappa shape index (κ1) is 26.7. The molecule has 2 heterocycles. The van der Waals surface area contributed by atoms with Gasteiger partial charge in [-0.3, -0.25) is 14.7 Å². The van der Waals surface area contributed by atoms with Crippen molar-refractivity contribution in [1.82, 2.24) is 9.88 Å². The van der Waals surface area contributed by atoms with E-state index in [4.69, 9.17) is 21.3 Å². The number of ether oxygens (including phenoxy) is 1. The predicted octanol–water partition coefficient (Wildman–Crippen LogP) is 6.25. The molecule has 0 spiro atoms. The van der Waals surface area contributed by atoms with Gasteiger partial charge in [0.05, 0.1) is 12.3 Å². The van der Waals surface area contributed by atoms with Crippen molar-refractivity contribution in [2.75, 3.05) is 17.6 Å². The monoisotopic (exact) mass is 560 g/mol. The maximum atomic E-state index is 11.6. The van der Waals surface area contributed by atoms with E-state index >= 15 is 0 Å². The van der Waals surface area contributed by atoms with Crippen molar-refractivity contribution in [1.29, 1.82) is 0 Å². The van der Waals surface area contributed by atoms with Crippen molar-refractivity contribution >= 4 is 33.1 Å². The molecule has 0 aliphatic carbocycles. The van der Waals surface area contributed by atoms with E-state index in [1.54, 1.807) is 36.7 Å². The summed E-state index contributed by atoms with van der Waals surface area (Å²) in [4.78, 5) is 11.7. The number of aromatic nitrogens is 1. The third-order valence-corrected chi connectivity index (χ3v) is 7.53. The molecule has 2 atom stereocenters. The summed E-state index contributed by atoms with van der Waals surface area (Å²) >= 11 is 6.20. The van der Waals surface area contributed by atoms with Crippen LogP contribution in [0.2, 0.25) is 5.02 Å². The van der Waals surface area contributed by atoms with Gasteiger partial charge in [0.2, 0.25) is 10.0 Å². The van der Waals surface area contributed by atoms with Gasteiger partial charge in [0.1, 0.15) is 24.2 Å². The molecule has 5 rings (SSSR count). The first-order valence-corrected chi connectivity index (χ1v) is 14.8. The fourth-order valence-corrected chi connectivity index (χ4v) is 5.39. The molecule has 9 heteroatoms. The third-order valence-electron chi connectivity index (χ3n) is 6.67. The minimum atomic E-state index is -3.36. The summed E-state index contributed by atoms with van der Waals surface area (Å²) in [6, 6.07) is 26.8. The molecular formula is C30H29ClN4O3S. The van der Waals surface area contributed by atoms with Crippen molar-refractivity contribution in [3.8, 4) is 5.75 Å². The molecule has 0 fully saturated rings. The highest BCUT2D eigenvalue weighted by Crippen LogP contribution is 2.35. The average molecular weight is 561 g/mol. The van der Waals surface area contributed by atoms with E-state index in [-0.39, 0.29) is 18.7 Å². The zero-order chi connectivity index (χ0) is 27.4. The van der Waals surface area contributed by atoms with Crippen LogP contribution in [-0.4, -0.2) is 37.0 Å². The molecule has 1 aromatic heterocycles. The van der Waals surface area contributed by atoms with Gasteiger partial charge in [0.15, 0.2) is 0 Å². The summed E-state index contributed by atoms with van der Waals surface area (Å²) in [6.45, 7) is 3.04. The van der Waals surface area contributed by atoms with E-state index in [1.807, 2.05) is 42.5 Å². The zero-order valence-electron chi connectivity index (χ0n) is 21.7. The quantitative estimate of drug-likeness (QED) is 0.275. The molecule has 200 valence electrons. The summed E-state index contributed by atoms with van der Waals surface area (Å²) in [5, 5.41) is 0.676. The predicted molar refractivity (Wildman–Crippen MR) is 156 cm³/mol. The van der Waals surface area contributed by atoms with E-state index in [2.05, 4.69) is 39.7 Å². The van der Waals surface area contributed by atoms with Crippen LogP contribution in [0, 0.1) is 0 Å². The van der Waals surface area contributed by atoms with Crippen LogP contribution >= 0.6 is 11.6 Å². The Morgan fingerprint density at radius 3 is 2.38 bits per heavy atom. The largest absolute Gasteiger partial charge is 0.486 e. The number of aliphatic imine (C=N–C) groups is 1. The first-order chi connectivity index (χ1) is 18.8. The Bertz CT molecular complexity index is 1560. The van der Waals surface area contributed by atoms with Crippen LogP contribution < -0.4 is 9.46 Å². The highest BCUT2D eigenvalue weighted by atomic mass is 35.5. The molecule has 0 radical (unpaired) electrons. The number of rotatable bonds is 8. The summed E-state index contributed by atoms with van der Waals surface area (Å²) in [5.74, 6) is 1.41. The number of amidine groups is 1. The Kier molecular flexibility index (Phi) is 7.86. The average Bonchev–Trinajstić information content (AvgIpc) is 3.09. The molecule has 0 amide bonds. The minimum Gasteiger partial charge on any atom is -0.486 e. The lowest BCUT2D eigenvalue weighted by Crippen LogP contribution is -2.36. The van der Waals surface area contributed by atoms with Gasteiger partial charge >= 0.3 is 0 Å². The number of hydrogen-bond acceptors (Lipinski definition) is 6. The van der Waals surface area contributed by atoms with Crippen LogP contribution in [0.3, 0.4) is 0 Å². The normalized spacial score (nSPS) is 16.0. The number of hydrogen-bond donors (Lipinski definition) is 1. The second kappa shape index (κ2) is 11.5. The van der Waals surface area contributed by atoms with Crippen LogP contribution in [0.5, 0.6) is 5.75 Å². The summed E-state index contributed by atoms with van der Waals surface area (Å²) in [6.07, 6.45) is 4.72. The molecule has 1 N–H and O–H groups in total. The molecule has 0 saturated carbocycles. The van der Waals surface area contributed by atoms with Gasteiger partial charge in [0, 0.05) is 29.6 Å². The van der Waals surface area contributed by atoms with Crippen molar-refractivity contribution in [3.63, 3.8) is 0 Å². The Hall–Kier alpha value is -3.88. The summed E-state index contributed by atoms with van der Waals surface area (Å²) < 4.78 is 31.8. The Morgan fingerprint density at radius 2 is 1.69 bits per heavy atom. The molecule has 1 aliphatic heterocycles. The fraction of sp³-hybridized carbons (Fsp3) is 0.200. The van der Waals surface area contributed by atoms with E-state index in [0.29, 0.717) is 23.0 Å². The van der Waals surface area contributed by atoms with Gasteiger partial charge in [-0.05, 0) is 77.7 Å². The molecule has 0 bridgehead atoms. The van der Waals surface area contributed by atoms with Crippen molar-refractivity contribution in [3.05, 3.63) is 125 Å². The summed E-state index contributed by atoms with van der Waals surface area (Å²) in [5.41, 5.74) is 4.96. The van der Waals surface area contributed by atoms with E-state index in [1.165, 1.54) is 5.56 Å². The second-order valence-corrected chi connectivity index (χ2v) is 11.7. The van der Waals surface area contributed by atoms with Crippen LogP contribution in [-0.2, 0) is 16.6 Å². The zero-order valence-corrected chi connectivity index (χ0v) is 23.2. The molecule has 4 aromatic rings. The first-order valence-electron chi connectivity index (χ1n) is 12.5. The lowest BCUT2D eigenvalue weighted by atomic mass is 9.95. The molecule has 3 aromatic carbocycles. The van der Waals surface area contributed by atoms with E-state index in [9.17, 15) is 8.42 Å². The molecule has 0 saturated heterocycles. The molecule has 39 heavy (non-hydrogen) atoms. The van der Waals surface area contributed by atoms with Gasteiger partial charge in [-0.1, -0.05) is 48.0 Å². The highest BCUT2D eigenvalue weighted by Gasteiger charge is 2.28. The third kappa shape index (κ3) is 6.58. The SMILES string of the molecule is CC(c1ccncc1)N1Cc2ccccc2C(c2ccc(Cl)cc2)N=C1COc1ccc(NS(C)(=O)=O)cc1. The number of anilines is 1. The van der Waals surface area contributed by atoms with Gasteiger partial charge in [-0.2, -0.15) is 0 Å². The second-order valence-electron chi connectivity index (χ2n) is 9.47. The Morgan fingerprint density at radius 1 is 1.00 bits per heavy atom. The van der Waals surface area contributed by atoms with Crippen molar-refractivity contribution in [2.24, 2.45) is 4.99 Å². The molecular weight excluding hydrogens is 532 g/mol. The Labute approximate surface area is 234 Å². The highest BCUT2D eigenvalue weighted by molar-refractivity contribution is 7.92. The number of pyridine rings is 1. The number of benzene rings is 3. The van der Waals surface area contributed by atoms with Crippen molar-refractivity contribution < 1.29 is 13.2 Å². The maximum absolute atomic E-state index is 11.6. The van der Waals surface area contributed by atoms with E-state index in [0.717, 1.165) is 28.8 Å². The number of fused-ring (bicyclic) bond motifs is 1. The Balaban J connectivity index is 1.51. The number of nitrogens with one attached hydrogen (secondary N) is 1. The van der Waals surface area contributed by atoms with Crippen LogP contribution in [0.4, 0.5) is 5.69 Å². The van der Waals surface area contributed by atoms with Crippen LogP contribution in [0.25, 0.3) is 0 Å².